The highest BCUT2D eigenvalue weighted by molar-refractivity contribution is 7.62. The third kappa shape index (κ3) is 3.02. The van der Waals surface area contributed by atoms with Crippen LogP contribution in [0.15, 0.2) is 22.1 Å². The predicted octanol–water partition coefficient (Wildman–Crippen LogP) is 2.79. The number of aliphatic hydroxyl groups is 1. The van der Waals surface area contributed by atoms with Crippen molar-refractivity contribution in [3.8, 4) is 11.5 Å². The van der Waals surface area contributed by atoms with Gasteiger partial charge in [-0.3, -0.25) is 4.57 Å². The van der Waals surface area contributed by atoms with Crippen LogP contribution in [0.2, 0.25) is 0 Å². The second-order valence-electron chi connectivity index (χ2n) is 3.75. The molecule has 6 nitrogen and oxygen atoms in total. The summed E-state index contributed by atoms with van der Waals surface area (Å²) < 4.78 is 28.8. The van der Waals surface area contributed by atoms with Crippen LogP contribution in [-0.4, -0.2) is 23.3 Å². The van der Waals surface area contributed by atoms with Gasteiger partial charge in [-0.25, -0.2) is 4.98 Å². The summed E-state index contributed by atoms with van der Waals surface area (Å²) in [6, 6.07) is 1.57. The topological polar surface area (TPSA) is 81.8 Å². The number of aliphatic hydroxyl groups excluding tert-OH is 1. The molecule has 0 amide bonds. The summed E-state index contributed by atoms with van der Waals surface area (Å²) >= 11 is 1.30. The van der Waals surface area contributed by atoms with Gasteiger partial charge in [0.2, 0.25) is 0 Å². The van der Waals surface area contributed by atoms with Crippen molar-refractivity contribution in [3.05, 3.63) is 22.7 Å². The Morgan fingerprint density at radius 2 is 2.10 bits per heavy atom. The van der Waals surface area contributed by atoms with Gasteiger partial charge in [-0.05, 0) is 19.9 Å². The van der Waals surface area contributed by atoms with Gasteiger partial charge in [0.25, 0.3) is 0 Å². The van der Waals surface area contributed by atoms with E-state index in [0.717, 1.165) is 0 Å². The van der Waals surface area contributed by atoms with Gasteiger partial charge in [0, 0.05) is 5.38 Å². The van der Waals surface area contributed by atoms with Crippen molar-refractivity contribution >= 4 is 24.2 Å². The fourth-order valence-corrected chi connectivity index (χ4v) is 4.04. The van der Waals surface area contributed by atoms with E-state index in [1.165, 1.54) is 17.6 Å². The average Bonchev–Trinajstić information content (AvgIpc) is 3.08. The first-order valence-electron chi connectivity index (χ1n) is 6.17. The van der Waals surface area contributed by atoms with E-state index in [2.05, 4.69) is 4.98 Å². The molecule has 20 heavy (non-hydrogen) atoms. The number of hydrogen-bond acceptors (Lipinski definition) is 7. The Hall–Kier alpha value is -0.980. The summed E-state index contributed by atoms with van der Waals surface area (Å²) in [7, 11) is -3.42. The number of hydrogen-bond donors (Lipinski definition) is 1. The van der Waals surface area contributed by atoms with Crippen LogP contribution in [0.3, 0.4) is 0 Å². The van der Waals surface area contributed by atoms with E-state index in [9.17, 15) is 4.57 Å². The number of nitrogens with zero attached hydrogens (tertiary/aromatic N) is 1. The van der Waals surface area contributed by atoms with Crippen LogP contribution in [0.5, 0.6) is 0 Å². The van der Waals surface area contributed by atoms with Gasteiger partial charge in [-0.15, -0.1) is 11.3 Å². The molecule has 0 unspecified atom stereocenters. The van der Waals surface area contributed by atoms with Crippen molar-refractivity contribution in [2.75, 3.05) is 13.2 Å². The van der Waals surface area contributed by atoms with Gasteiger partial charge in [-0.2, -0.15) is 0 Å². The van der Waals surface area contributed by atoms with Gasteiger partial charge in [0.05, 0.1) is 26.1 Å². The molecule has 2 rings (SSSR count). The molecule has 0 spiro atoms. The minimum absolute atomic E-state index is 0.144. The van der Waals surface area contributed by atoms with Crippen molar-refractivity contribution in [2.24, 2.45) is 0 Å². The van der Waals surface area contributed by atoms with Crippen molar-refractivity contribution < 1.29 is 23.1 Å². The van der Waals surface area contributed by atoms with Gasteiger partial charge in [0.1, 0.15) is 16.0 Å². The van der Waals surface area contributed by atoms with Crippen LogP contribution in [0.25, 0.3) is 11.5 Å². The Morgan fingerprint density at radius 1 is 1.40 bits per heavy atom. The van der Waals surface area contributed by atoms with E-state index in [1.807, 2.05) is 0 Å². The average molecular weight is 317 g/mol. The summed E-state index contributed by atoms with van der Waals surface area (Å²) in [5.74, 6) is 0.353. The Bertz CT molecular complexity index is 599. The maximum Gasteiger partial charge on any atom is 0.365 e. The van der Waals surface area contributed by atoms with E-state index >= 15 is 0 Å². The Morgan fingerprint density at radius 3 is 2.65 bits per heavy atom. The normalized spacial score (nSPS) is 11.9. The summed E-state index contributed by atoms with van der Waals surface area (Å²) in [5.41, 5.74) is 0.513. The highest BCUT2D eigenvalue weighted by Crippen LogP contribution is 2.49. The van der Waals surface area contributed by atoms with Crippen LogP contribution >= 0.6 is 18.9 Å². The summed E-state index contributed by atoms with van der Waals surface area (Å²) in [4.78, 5) is 4.21. The standard InChI is InChI=1S/C12H16NO5PS/c1-3-17-19(15,18-4-2)10-5-6-16-12(10)9-8-20-11(7-14)13-9/h5-6,8,14H,3-4,7H2,1-2H3. The molecule has 0 aromatic carbocycles. The first-order chi connectivity index (χ1) is 9.64. The van der Waals surface area contributed by atoms with Gasteiger partial charge >= 0.3 is 7.60 Å². The Labute approximate surface area is 120 Å². The first kappa shape index (κ1) is 15.4. The molecule has 2 heterocycles. The zero-order chi connectivity index (χ0) is 14.6. The van der Waals surface area contributed by atoms with Crippen LogP contribution in [0, 0.1) is 0 Å². The van der Waals surface area contributed by atoms with Gasteiger partial charge in [-0.1, -0.05) is 0 Å². The molecule has 0 saturated carbocycles. The molecule has 0 aliphatic rings. The second kappa shape index (κ2) is 6.65. The lowest BCUT2D eigenvalue weighted by atomic mass is 10.4. The molecule has 0 atom stereocenters. The van der Waals surface area contributed by atoms with Crippen LogP contribution in [0.4, 0.5) is 0 Å². The van der Waals surface area contributed by atoms with E-state index in [0.29, 0.717) is 21.8 Å². The number of aromatic nitrogens is 1. The number of thiazole rings is 1. The molecular weight excluding hydrogens is 301 g/mol. The van der Waals surface area contributed by atoms with Crippen LogP contribution < -0.4 is 5.30 Å². The summed E-state index contributed by atoms with van der Waals surface area (Å²) in [6.45, 7) is 3.88. The van der Waals surface area contributed by atoms with Gasteiger partial charge in [0.15, 0.2) is 5.76 Å². The molecule has 0 saturated heterocycles. The van der Waals surface area contributed by atoms with E-state index < -0.39 is 7.60 Å². The summed E-state index contributed by atoms with van der Waals surface area (Å²) in [5, 5.41) is 11.7. The zero-order valence-corrected chi connectivity index (χ0v) is 12.9. The van der Waals surface area contributed by atoms with E-state index in [1.54, 1.807) is 25.3 Å². The maximum absolute atomic E-state index is 12.8. The third-order valence-electron chi connectivity index (χ3n) is 2.46. The fourth-order valence-electron chi connectivity index (χ4n) is 1.71. The summed E-state index contributed by atoms with van der Waals surface area (Å²) in [6.07, 6.45) is 1.42. The Kier molecular flexibility index (Phi) is 5.12. The molecule has 8 heteroatoms. The first-order valence-corrected chi connectivity index (χ1v) is 8.59. The lowest BCUT2D eigenvalue weighted by molar-refractivity contribution is 0.230. The highest BCUT2D eigenvalue weighted by Gasteiger charge is 2.33. The van der Waals surface area contributed by atoms with Crippen molar-refractivity contribution in [1.29, 1.82) is 0 Å². The molecule has 110 valence electrons. The van der Waals surface area contributed by atoms with Gasteiger partial charge < -0.3 is 18.6 Å². The van der Waals surface area contributed by atoms with Crippen LogP contribution in [-0.2, 0) is 20.2 Å². The van der Waals surface area contributed by atoms with Crippen LogP contribution in [0.1, 0.15) is 18.9 Å². The van der Waals surface area contributed by atoms with Crippen molar-refractivity contribution in [2.45, 2.75) is 20.5 Å². The molecule has 0 bridgehead atoms. The second-order valence-corrected chi connectivity index (χ2v) is 6.69. The predicted molar refractivity (Wildman–Crippen MR) is 76.2 cm³/mol. The highest BCUT2D eigenvalue weighted by atomic mass is 32.1. The maximum atomic E-state index is 12.8. The third-order valence-corrected chi connectivity index (χ3v) is 5.43. The molecule has 0 aliphatic heterocycles. The SMILES string of the molecule is CCOP(=O)(OCC)c1ccoc1-c1csc(CO)n1. The number of furan rings is 1. The smallest absolute Gasteiger partial charge is 0.365 e. The minimum atomic E-state index is -3.42. The molecule has 2 aromatic heterocycles. The van der Waals surface area contributed by atoms with E-state index in [-0.39, 0.29) is 19.8 Å². The fraction of sp³-hybridized carbons (Fsp3) is 0.417. The zero-order valence-electron chi connectivity index (χ0n) is 11.2. The Balaban J connectivity index is 2.43. The molecule has 0 fully saturated rings. The largest absolute Gasteiger partial charge is 0.462 e. The molecule has 0 aliphatic carbocycles. The monoisotopic (exact) mass is 317 g/mol. The quantitative estimate of drug-likeness (QED) is 0.791. The molecule has 0 radical (unpaired) electrons. The molecule has 1 N–H and O–H groups in total. The van der Waals surface area contributed by atoms with Crippen molar-refractivity contribution in [3.63, 3.8) is 0 Å². The van der Waals surface area contributed by atoms with E-state index in [4.69, 9.17) is 18.6 Å². The minimum Gasteiger partial charge on any atom is -0.462 e. The molecule has 2 aromatic rings. The number of rotatable bonds is 7. The van der Waals surface area contributed by atoms with Crippen molar-refractivity contribution in [1.82, 2.24) is 4.98 Å². The molecular formula is C12H16NO5PS. The lowest BCUT2D eigenvalue weighted by Gasteiger charge is -2.16. The lowest BCUT2D eigenvalue weighted by Crippen LogP contribution is -2.11.